The van der Waals surface area contributed by atoms with Gasteiger partial charge in [-0.1, -0.05) is 18.5 Å². The van der Waals surface area contributed by atoms with Crippen molar-refractivity contribution < 1.29 is 9.26 Å². The Balaban J connectivity index is 2.38. The van der Waals surface area contributed by atoms with E-state index in [0.29, 0.717) is 6.04 Å². The number of methoxy groups -OCH3 is 1. The van der Waals surface area contributed by atoms with Crippen LogP contribution in [0.2, 0.25) is 0 Å². The van der Waals surface area contributed by atoms with Crippen LogP contribution < -0.4 is 5.32 Å². The van der Waals surface area contributed by atoms with E-state index in [0.717, 1.165) is 50.4 Å². The van der Waals surface area contributed by atoms with E-state index in [9.17, 15) is 0 Å². The molecule has 0 aliphatic rings. The molecule has 0 spiro atoms. The second-order valence-corrected chi connectivity index (χ2v) is 4.18. The molecule has 1 rings (SSSR count). The van der Waals surface area contributed by atoms with Crippen LogP contribution in [-0.4, -0.2) is 36.9 Å². The van der Waals surface area contributed by atoms with Gasteiger partial charge < -0.3 is 14.6 Å². The SMILES string of the molecule is CCCC(Cc1nc(CCCOC)no1)NC. The predicted octanol–water partition coefficient (Wildman–Crippen LogP) is 1.58. The molecule has 0 fully saturated rings. The molecule has 1 aromatic heterocycles. The van der Waals surface area contributed by atoms with Gasteiger partial charge in [0.05, 0.1) is 0 Å². The van der Waals surface area contributed by atoms with Gasteiger partial charge in [0.1, 0.15) is 0 Å². The lowest BCUT2D eigenvalue weighted by Gasteiger charge is -2.11. The average molecular weight is 241 g/mol. The molecular formula is C12H23N3O2. The molecule has 1 atom stereocenters. The van der Waals surface area contributed by atoms with Crippen LogP contribution in [0.15, 0.2) is 4.52 Å². The highest BCUT2D eigenvalue weighted by molar-refractivity contribution is 4.89. The maximum atomic E-state index is 5.23. The lowest BCUT2D eigenvalue weighted by molar-refractivity contribution is 0.194. The first kappa shape index (κ1) is 14.1. The Morgan fingerprint density at radius 1 is 1.47 bits per heavy atom. The van der Waals surface area contributed by atoms with E-state index in [1.807, 2.05) is 7.05 Å². The van der Waals surface area contributed by atoms with Gasteiger partial charge in [-0.3, -0.25) is 0 Å². The van der Waals surface area contributed by atoms with E-state index in [2.05, 4.69) is 22.4 Å². The third-order valence-electron chi connectivity index (χ3n) is 2.73. The largest absolute Gasteiger partial charge is 0.385 e. The number of likely N-dealkylation sites (N-methyl/N-ethyl adjacent to an activating group) is 1. The van der Waals surface area contributed by atoms with Crippen molar-refractivity contribution in [1.82, 2.24) is 15.5 Å². The summed E-state index contributed by atoms with van der Waals surface area (Å²) < 4.78 is 10.2. The summed E-state index contributed by atoms with van der Waals surface area (Å²) in [5.74, 6) is 1.51. The summed E-state index contributed by atoms with van der Waals surface area (Å²) in [7, 11) is 3.67. The molecule has 17 heavy (non-hydrogen) atoms. The highest BCUT2D eigenvalue weighted by Gasteiger charge is 2.12. The molecule has 0 aliphatic heterocycles. The van der Waals surface area contributed by atoms with Crippen LogP contribution in [0.4, 0.5) is 0 Å². The summed E-state index contributed by atoms with van der Waals surface area (Å²) in [4.78, 5) is 4.38. The van der Waals surface area contributed by atoms with Crippen molar-refractivity contribution >= 4 is 0 Å². The minimum atomic E-state index is 0.423. The first-order valence-corrected chi connectivity index (χ1v) is 6.27. The van der Waals surface area contributed by atoms with Crippen LogP contribution in [0.3, 0.4) is 0 Å². The summed E-state index contributed by atoms with van der Waals surface area (Å²) in [6, 6.07) is 0.423. The summed E-state index contributed by atoms with van der Waals surface area (Å²) in [6.45, 7) is 2.91. The number of aromatic nitrogens is 2. The summed E-state index contributed by atoms with van der Waals surface area (Å²) >= 11 is 0. The van der Waals surface area contributed by atoms with Crippen LogP contribution in [0.5, 0.6) is 0 Å². The van der Waals surface area contributed by atoms with E-state index >= 15 is 0 Å². The van der Waals surface area contributed by atoms with Crippen molar-refractivity contribution in [2.75, 3.05) is 20.8 Å². The van der Waals surface area contributed by atoms with E-state index in [-0.39, 0.29) is 0 Å². The molecular weight excluding hydrogens is 218 g/mol. The van der Waals surface area contributed by atoms with Crippen LogP contribution in [0.1, 0.15) is 37.9 Å². The number of rotatable bonds is 9. The van der Waals surface area contributed by atoms with Gasteiger partial charge in [-0.15, -0.1) is 0 Å². The predicted molar refractivity (Wildman–Crippen MR) is 66.0 cm³/mol. The first-order valence-electron chi connectivity index (χ1n) is 6.27. The van der Waals surface area contributed by atoms with Crippen molar-refractivity contribution in [2.45, 2.75) is 45.1 Å². The van der Waals surface area contributed by atoms with Gasteiger partial charge in [-0.25, -0.2) is 0 Å². The molecule has 5 heteroatoms. The number of ether oxygens (including phenoxy) is 1. The minimum absolute atomic E-state index is 0.423. The Labute approximate surface area is 103 Å². The molecule has 0 aliphatic carbocycles. The monoisotopic (exact) mass is 241 g/mol. The fourth-order valence-corrected chi connectivity index (χ4v) is 1.76. The van der Waals surface area contributed by atoms with Crippen molar-refractivity contribution in [3.8, 4) is 0 Å². The molecule has 1 N–H and O–H groups in total. The van der Waals surface area contributed by atoms with Gasteiger partial charge in [0.25, 0.3) is 0 Å². The fraction of sp³-hybridized carbons (Fsp3) is 0.833. The average Bonchev–Trinajstić information content (AvgIpc) is 2.77. The third kappa shape index (κ3) is 5.28. The number of hydrogen-bond donors (Lipinski definition) is 1. The van der Waals surface area contributed by atoms with Crippen LogP contribution in [-0.2, 0) is 17.6 Å². The lowest BCUT2D eigenvalue weighted by atomic mass is 10.1. The van der Waals surface area contributed by atoms with Crippen molar-refractivity contribution in [3.05, 3.63) is 11.7 Å². The summed E-state index contributed by atoms with van der Waals surface area (Å²) in [5.41, 5.74) is 0. The van der Waals surface area contributed by atoms with Crippen molar-refractivity contribution in [3.63, 3.8) is 0 Å². The Morgan fingerprint density at radius 3 is 2.94 bits per heavy atom. The Kier molecular flexibility index (Phi) is 6.81. The lowest BCUT2D eigenvalue weighted by Crippen LogP contribution is -2.27. The molecule has 1 heterocycles. The van der Waals surface area contributed by atoms with Crippen LogP contribution in [0.25, 0.3) is 0 Å². The van der Waals surface area contributed by atoms with E-state index < -0.39 is 0 Å². The molecule has 0 saturated carbocycles. The molecule has 0 radical (unpaired) electrons. The van der Waals surface area contributed by atoms with Gasteiger partial charge in [0, 0.05) is 32.6 Å². The zero-order valence-electron chi connectivity index (χ0n) is 11.0. The van der Waals surface area contributed by atoms with Gasteiger partial charge in [0.15, 0.2) is 5.82 Å². The van der Waals surface area contributed by atoms with E-state index in [1.165, 1.54) is 0 Å². The van der Waals surface area contributed by atoms with Crippen molar-refractivity contribution in [2.24, 2.45) is 0 Å². The van der Waals surface area contributed by atoms with E-state index in [4.69, 9.17) is 9.26 Å². The Morgan fingerprint density at radius 2 is 2.29 bits per heavy atom. The highest BCUT2D eigenvalue weighted by Crippen LogP contribution is 2.07. The molecule has 5 nitrogen and oxygen atoms in total. The maximum absolute atomic E-state index is 5.23. The first-order chi connectivity index (χ1) is 8.30. The van der Waals surface area contributed by atoms with Gasteiger partial charge >= 0.3 is 0 Å². The zero-order valence-corrected chi connectivity index (χ0v) is 11.0. The second-order valence-electron chi connectivity index (χ2n) is 4.18. The smallest absolute Gasteiger partial charge is 0.228 e. The summed E-state index contributed by atoms with van der Waals surface area (Å²) in [5, 5.41) is 7.23. The molecule has 1 aromatic rings. The standard InChI is InChI=1S/C12H23N3O2/c1-4-6-10(13-2)9-12-14-11(15-17-12)7-5-8-16-3/h10,13H,4-9H2,1-3H3. The zero-order chi connectivity index (χ0) is 12.5. The number of hydrogen-bond acceptors (Lipinski definition) is 5. The van der Waals surface area contributed by atoms with Gasteiger partial charge in [-0.05, 0) is 19.9 Å². The molecule has 0 amide bonds. The highest BCUT2D eigenvalue weighted by atomic mass is 16.5. The number of aryl methyl sites for hydroxylation is 1. The van der Waals surface area contributed by atoms with Crippen molar-refractivity contribution in [1.29, 1.82) is 0 Å². The number of nitrogens with zero attached hydrogens (tertiary/aromatic N) is 2. The molecule has 0 aromatic carbocycles. The van der Waals surface area contributed by atoms with Crippen LogP contribution >= 0.6 is 0 Å². The molecule has 98 valence electrons. The van der Waals surface area contributed by atoms with Gasteiger partial charge in [-0.2, -0.15) is 4.98 Å². The molecule has 1 unspecified atom stereocenters. The Bertz CT molecular complexity index is 302. The van der Waals surface area contributed by atoms with E-state index in [1.54, 1.807) is 7.11 Å². The van der Waals surface area contributed by atoms with Gasteiger partial charge in [0.2, 0.25) is 5.89 Å². The molecule has 0 bridgehead atoms. The topological polar surface area (TPSA) is 60.2 Å². The summed E-state index contributed by atoms with van der Waals surface area (Å²) in [6.07, 6.45) is 4.83. The third-order valence-corrected chi connectivity index (χ3v) is 2.73. The maximum Gasteiger partial charge on any atom is 0.228 e. The Hall–Kier alpha value is -0.940. The normalized spacial score (nSPS) is 12.9. The second kappa shape index (κ2) is 8.20. The number of nitrogens with one attached hydrogen (secondary N) is 1. The quantitative estimate of drug-likeness (QED) is 0.665. The fourth-order valence-electron chi connectivity index (χ4n) is 1.76. The molecule has 0 saturated heterocycles. The minimum Gasteiger partial charge on any atom is -0.385 e. The van der Waals surface area contributed by atoms with Crippen LogP contribution in [0, 0.1) is 0 Å².